The number of nitrogens with zero attached hydrogens (tertiary/aromatic N) is 1. The number of hydrogen-bond acceptors (Lipinski definition) is 3. The molecule has 0 aliphatic carbocycles. The lowest BCUT2D eigenvalue weighted by molar-refractivity contribution is 0.0316. The molecule has 4 nitrogen and oxygen atoms in total. The fraction of sp³-hybridized carbons (Fsp3) is 0.389. The van der Waals surface area contributed by atoms with Crippen molar-refractivity contribution in [2.75, 3.05) is 19.6 Å². The molecule has 0 bridgehead atoms. The summed E-state index contributed by atoms with van der Waals surface area (Å²) in [6, 6.07) is 14.6. The smallest absolute Gasteiger partial charge is 0.410 e. The fourth-order valence-corrected chi connectivity index (χ4v) is 3.59. The highest BCUT2D eigenvalue weighted by Gasteiger charge is 2.45. The van der Waals surface area contributed by atoms with Crippen molar-refractivity contribution >= 4 is 16.9 Å². The van der Waals surface area contributed by atoms with Gasteiger partial charge in [-0.3, -0.25) is 4.90 Å². The molecule has 2 aromatic carbocycles. The van der Waals surface area contributed by atoms with Gasteiger partial charge in [-0.2, -0.15) is 0 Å². The summed E-state index contributed by atoms with van der Waals surface area (Å²) in [6.07, 6.45) is 1.64. The summed E-state index contributed by atoms with van der Waals surface area (Å²) in [5, 5.41) is 5.75. The molecule has 0 saturated carbocycles. The van der Waals surface area contributed by atoms with E-state index in [4.69, 9.17) is 4.74 Å². The molecule has 114 valence electrons. The third kappa shape index (κ3) is 2.33. The minimum atomic E-state index is -0.271. The maximum absolute atomic E-state index is 12.3. The van der Waals surface area contributed by atoms with Crippen molar-refractivity contribution in [2.45, 2.75) is 25.0 Å². The van der Waals surface area contributed by atoms with E-state index in [9.17, 15) is 4.79 Å². The molecule has 0 radical (unpaired) electrons. The number of carbonyl (C=O) groups excluding carboxylic acids is 1. The van der Waals surface area contributed by atoms with E-state index in [0.29, 0.717) is 13.1 Å². The number of rotatable bonds is 2. The number of nitrogens with one attached hydrogen (secondary N) is 1. The topological polar surface area (TPSA) is 41.6 Å². The second kappa shape index (κ2) is 5.29. The summed E-state index contributed by atoms with van der Waals surface area (Å²) in [6.45, 7) is 3.18. The molecule has 0 unspecified atom stereocenters. The van der Waals surface area contributed by atoms with E-state index in [2.05, 4.69) is 35.6 Å². The minimum Gasteiger partial charge on any atom is -0.441 e. The zero-order valence-electron chi connectivity index (χ0n) is 12.5. The zero-order chi connectivity index (χ0) is 15.0. The number of benzene rings is 2. The largest absolute Gasteiger partial charge is 0.441 e. The van der Waals surface area contributed by atoms with Crippen LogP contribution < -0.4 is 5.32 Å². The van der Waals surface area contributed by atoms with Gasteiger partial charge in [-0.1, -0.05) is 42.5 Å². The fourth-order valence-electron chi connectivity index (χ4n) is 3.59. The summed E-state index contributed by atoms with van der Waals surface area (Å²) >= 11 is 0. The standard InChI is InChI=1S/C18H20N2O2/c21-17-20(13-18(22-17)8-10-19-11-9-18)12-15-6-3-5-14-4-1-2-7-16(14)15/h1-7,19H,8-13H2. The van der Waals surface area contributed by atoms with Gasteiger partial charge in [0.2, 0.25) is 0 Å². The first kappa shape index (κ1) is 13.6. The van der Waals surface area contributed by atoms with Crippen molar-refractivity contribution in [1.82, 2.24) is 10.2 Å². The molecule has 1 amide bonds. The van der Waals surface area contributed by atoms with Crippen molar-refractivity contribution in [3.63, 3.8) is 0 Å². The average Bonchev–Trinajstić information content (AvgIpc) is 2.83. The van der Waals surface area contributed by atoms with E-state index >= 15 is 0 Å². The molecule has 2 heterocycles. The molecule has 0 aromatic heterocycles. The molecule has 2 aliphatic rings. The number of fused-ring (bicyclic) bond motifs is 1. The molecule has 1 N–H and O–H groups in total. The van der Waals surface area contributed by atoms with Crippen LogP contribution in [0.2, 0.25) is 0 Å². The molecule has 2 aliphatic heterocycles. The second-order valence-corrected chi connectivity index (χ2v) is 6.30. The van der Waals surface area contributed by atoms with Crippen molar-refractivity contribution in [2.24, 2.45) is 0 Å². The van der Waals surface area contributed by atoms with Gasteiger partial charge in [0.25, 0.3) is 0 Å². The summed E-state index contributed by atoms with van der Waals surface area (Å²) < 4.78 is 5.73. The Morgan fingerprint density at radius 1 is 1.09 bits per heavy atom. The normalized spacial score (nSPS) is 20.5. The average molecular weight is 296 g/mol. The van der Waals surface area contributed by atoms with E-state index in [-0.39, 0.29) is 11.7 Å². The summed E-state index contributed by atoms with van der Waals surface area (Å²) in [5.74, 6) is 0. The van der Waals surface area contributed by atoms with E-state index in [1.807, 2.05) is 17.0 Å². The predicted molar refractivity (Wildman–Crippen MR) is 85.7 cm³/mol. The third-order valence-corrected chi connectivity index (χ3v) is 4.80. The predicted octanol–water partition coefficient (Wildman–Crippen LogP) is 2.91. The number of ether oxygens (including phenoxy) is 1. The van der Waals surface area contributed by atoms with Crippen LogP contribution in [0.4, 0.5) is 4.79 Å². The van der Waals surface area contributed by atoms with Crippen molar-refractivity contribution in [3.05, 3.63) is 48.0 Å². The van der Waals surface area contributed by atoms with E-state index in [0.717, 1.165) is 25.9 Å². The van der Waals surface area contributed by atoms with E-state index in [1.165, 1.54) is 16.3 Å². The number of amides is 1. The molecular formula is C18H20N2O2. The first-order valence-corrected chi connectivity index (χ1v) is 7.91. The highest BCUT2D eigenvalue weighted by atomic mass is 16.6. The van der Waals surface area contributed by atoms with Crippen LogP contribution in [0.1, 0.15) is 18.4 Å². The van der Waals surface area contributed by atoms with Crippen molar-refractivity contribution in [1.29, 1.82) is 0 Å². The maximum atomic E-state index is 12.3. The Labute approximate surface area is 130 Å². The number of piperidine rings is 1. The Balaban J connectivity index is 1.59. The first-order chi connectivity index (χ1) is 10.8. The van der Waals surface area contributed by atoms with Gasteiger partial charge in [0.1, 0.15) is 5.60 Å². The van der Waals surface area contributed by atoms with Crippen LogP contribution in [0.3, 0.4) is 0 Å². The highest BCUT2D eigenvalue weighted by Crippen LogP contribution is 2.32. The summed E-state index contributed by atoms with van der Waals surface area (Å²) in [7, 11) is 0. The summed E-state index contributed by atoms with van der Waals surface area (Å²) in [5.41, 5.74) is 0.911. The lowest BCUT2D eigenvalue weighted by Crippen LogP contribution is -2.44. The molecule has 0 atom stereocenters. The van der Waals surface area contributed by atoms with Gasteiger partial charge in [-0.15, -0.1) is 0 Å². The Morgan fingerprint density at radius 2 is 1.86 bits per heavy atom. The maximum Gasteiger partial charge on any atom is 0.410 e. The van der Waals surface area contributed by atoms with Gasteiger partial charge >= 0.3 is 6.09 Å². The van der Waals surface area contributed by atoms with Gasteiger partial charge in [0.05, 0.1) is 6.54 Å². The SMILES string of the molecule is O=C1OC2(CCNCC2)CN1Cc1cccc2ccccc12. The Hall–Kier alpha value is -2.07. The van der Waals surface area contributed by atoms with Crippen molar-refractivity contribution in [3.8, 4) is 0 Å². The molecule has 4 rings (SSSR count). The minimum absolute atomic E-state index is 0.171. The molecule has 4 heteroatoms. The van der Waals surface area contributed by atoms with Crippen LogP contribution in [0, 0.1) is 0 Å². The Morgan fingerprint density at radius 3 is 2.73 bits per heavy atom. The zero-order valence-corrected chi connectivity index (χ0v) is 12.5. The third-order valence-electron chi connectivity index (χ3n) is 4.80. The second-order valence-electron chi connectivity index (χ2n) is 6.30. The van der Waals surface area contributed by atoms with Crippen LogP contribution in [-0.4, -0.2) is 36.2 Å². The quantitative estimate of drug-likeness (QED) is 0.926. The lowest BCUT2D eigenvalue weighted by Gasteiger charge is -2.31. The Kier molecular flexibility index (Phi) is 3.26. The van der Waals surface area contributed by atoms with Crippen LogP contribution >= 0.6 is 0 Å². The molecule has 22 heavy (non-hydrogen) atoms. The van der Waals surface area contributed by atoms with Gasteiger partial charge < -0.3 is 10.1 Å². The highest BCUT2D eigenvalue weighted by molar-refractivity contribution is 5.86. The Bertz CT molecular complexity index is 702. The first-order valence-electron chi connectivity index (χ1n) is 7.91. The lowest BCUT2D eigenvalue weighted by atomic mass is 9.92. The summed E-state index contributed by atoms with van der Waals surface area (Å²) in [4.78, 5) is 14.1. The van der Waals surface area contributed by atoms with Crippen LogP contribution in [0.15, 0.2) is 42.5 Å². The number of carbonyl (C=O) groups is 1. The van der Waals surface area contributed by atoms with Gasteiger partial charge in [-0.25, -0.2) is 4.79 Å². The van der Waals surface area contributed by atoms with E-state index < -0.39 is 0 Å². The molecule has 2 saturated heterocycles. The van der Waals surface area contributed by atoms with Crippen LogP contribution in [0.5, 0.6) is 0 Å². The molecule has 2 fully saturated rings. The number of hydrogen-bond donors (Lipinski definition) is 1. The van der Waals surface area contributed by atoms with Crippen LogP contribution in [0.25, 0.3) is 10.8 Å². The molecule has 1 spiro atoms. The van der Waals surface area contributed by atoms with Gasteiger partial charge in [0, 0.05) is 19.4 Å². The van der Waals surface area contributed by atoms with Crippen LogP contribution in [-0.2, 0) is 11.3 Å². The van der Waals surface area contributed by atoms with Gasteiger partial charge in [0.15, 0.2) is 0 Å². The monoisotopic (exact) mass is 296 g/mol. The molecular weight excluding hydrogens is 276 g/mol. The van der Waals surface area contributed by atoms with Gasteiger partial charge in [-0.05, 0) is 29.4 Å². The van der Waals surface area contributed by atoms with E-state index in [1.54, 1.807) is 0 Å². The molecule has 2 aromatic rings. The van der Waals surface area contributed by atoms with Crippen molar-refractivity contribution < 1.29 is 9.53 Å².